The zero-order valence-corrected chi connectivity index (χ0v) is 12.0. The predicted octanol–water partition coefficient (Wildman–Crippen LogP) is -1.29. The first kappa shape index (κ1) is 17.4. The second-order valence-electron chi connectivity index (χ2n) is 5.49. The number of rotatable bonds is 6. The van der Waals surface area contributed by atoms with Gasteiger partial charge in [-0.25, -0.2) is 0 Å². The highest BCUT2D eigenvalue weighted by atomic mass is 16.6. The van der Waals surface area contributed by atoms with Crippen molar-refractivity contribution in [2.24, 2.45) is 5.73 Å². The Morgan fingerprint density at radius 3 is 2.21 bits per heavy atom. The molecule has 6 N–H and O–H groups in total. The van der Waals surface area contributed by atoms with Gasteiger partial charge in [0.2, 0.25) is 5.91 Å². The van der Waals surface area contributed by atoms with Crippen molar-refractivity contribution in [3.05, 3.63) is 0 Å². The van der Waals surface area contributed by atoms with Crippen LogP contribution in [0.15, 0.2) is 0 Å². The SMILES string of the molecule is C[C@H]([NH3+])C(=O)N[C@@H](CCC(=O)OC(C)(C)C)C(N)=O. The Labute approximate surface area is 113 Å². The molecule has 110 valence electrons. The van der Waals surface area contributed by atoms with Crippen molar-refractivity contribution in [2.45, 2.75) is 58.2 Å². The number of ether oxygens (including phenoxy) is 1. The van der Waals surface area contributed by atoms with Gasteiger partial charge in [-0.3, -0.25) is 14.4 Å². The third-order valence-corrected chi connectivity index (χ3v) is 2.16. The molecule has 0 bridgehead atoms. The summed E-state index contributed by atoms with van der Waals surface area (Å²) in [6.07, 6.45) is 0.124. The molecule has 19 heavy (non-hydrogen) atoms. The summed E-state index contributed by atoms with van der Waals surface area (Å²) in [6, 6.07) is -1.38. The van der Waals surface area contributed by atoms with E-state index in [0.717, 1.165) is 0 Å². The van der Waals surface area contributed by atoms with E-state index in [0.29, 0.717) is 0 Å². The average molecular weight is 274 g/mol. The molecule has 7 heteroatoms. The van der Waals surface area contributed by atoms with Gasteiger partial charge < -0.3 is 21.5 Å². The van der Waals surface area contributed by atoms with Gasteiger partial charge in [0.1, 0.15) is 11.6 Å². The third kappa shape index (κ3) is 8.15. The van der Waals surface area contributed by atoms with Crippen LogP contribution in [0.25, 0.3) is 0 Å². The van der Waals surface area contributed by atoms with Gasteiger partial charge in [-0.05, 0) is 34.1 Å². The van der Waals surface area contributed by atoms with Crippen LogP contribution in [0.1, 0.15) is 40.5 Å². The van der Waals surface area contributed by atoms with Crippen molar-refractivity contribution in [2.75, 3.05) is 0 Å². The fourth-order valence-electron chi connectivity index (χ4n) is 1.25. The number of quaternary nitrogens is 1. The molecule has 0 aliphatic rings. The van der Waals surface area contributed by atoms with E-state index in [9.17, 15) is 14.4 Å². The van der Waals surface area contributed by atoms with Crippen LogP contribution in [0.2, 0.25) is 0 Å². The molecule has 0 aromatic heterocycles. The number of hydrogen-bond acceptors (Lipinski definition) is 4. The van der Waals surface area contributed by atoms with Crippen molar-refractivity contribution in [3.8, 4) is 0 Å². The molecular weight excluding hydrogens is 250 g/mol. The quantitative estimate of drug-likeness (QED) is 0.521. The number of hydrogen-bond donors (Lipinski definition) is 3. The maximum absolute atomic E-state index is 11.5. The lowest BCUT2D eigenvalue weighted by Crippen LogP contribution is -2.67. The van der Waals surface area contributed by atoms with Gasteiger partial charge in [0.25, 0.3) is 5.91 Å². The van der Waals surface area contributed by atoms with E-state index < -0.39 is 29.6 Å². The second kappa shape index (κ2) is 7.08. The minimum atomic E-state index is -0.885. The highest BCUT2D eigenvalue weighted by molar-refractivity contribution is 5.88. The number of nitrogens with one attached hydrogen (secondary N) is 1. The summed E-state index contributed by atoms with van der Waals surface area (Å²) >= 11 is 0. The predicted molar refractivity (Wildman–Crippen MR) is 68.6 cm³/mol. The Bertz CT molecular complexity index is 347. The van der Waals surface area contributed by atoms with E-state index in [1.807, 2.05) is 0 Å². The van der Waals surface area contributed by atoms with Crippen molar-refractivity contribution < 1.29 is 24.9 Å². The molecule has 2 atom stereocenters. The molecule has 7 nitrogen and oxygen atoms in total. The molecule has 2 amide bonds. The molecule has 0 saturated heterocycles. The molecule has 0 rings (SSSR count). The lowest BCUT2D eigenvalue weighted by atomic mass is 10.1. The van der Waals surface area contributed by atoms with E-state index in [4.69, 9.17) is 10.5 Å². The van der Waals surface area contributed by atoms with Gasteiger partial charge in [-0.2, -0.15) is 0 Å². The Morgan fingerprint density at radius 1 is 1.32 bits per heavy atom. The van der Waals surface area contributed by atoms with E-state index in [1.165, 1.54) is 0 Å². The molecule has 0 radical (unpaired) electrons. The lowest BCUT2D eigenvalue weighted by molar-refractivity contribution is -0.398. The Morgan fingerprint density at radius 2 is 1.84 bits per heavy atom. The minimum absolute atomic E-state index is 0.0106. The first-order chi connectivity index (χ1) is 8.53. The Balaban J connectivity index is 4.34. The summed E-state index contributed by atoms with van der Waals surface area (Å²) in [4.78, 5) is 34.1. The van der Waals surface area contributed by atoms with Gasteiger partial charge >= 0.3 is 5.97 Å². The number of esters is 1. The third-order valence-electron chi connectivity index (χ3n) is 2.16. The largest absolute Gasteiger partial charge is 0.460 e. The van der Waals surface area contributed by atoms with Crippen LogP contribution < -0.4 is 16.8 Å². The van der Waals surface area contributed by atoms with Crippen LogP contribution in [-0.4, -0.2) is 35.5 Å². The van der Waals surface area contributed by atoms with Crippen LogP contribution in [0.5, 0.6) is 0 Å². The fourth-order valence-corrected chi connectivity index (χ4v) is 1.25. The van der Waals surface area contributed by atoms with Crippen molar-refractivity contribution in [3.63, 3.8) is 0 Å². The summed E-state index contributed by atoms with van der Waals surface area (Å²) in [6.45, 7) is 6.86. The first-order valence-electron chi connectivity index (χ1n) is 6.17. The van der Waals surface area contributed by atoms with Gasteiger partial charge in [-0.1, -0.05) is 0 Å². The average Bonchev–Trinajstić information content (AvgIpc) is 2.20. The summed E-state index contributed by atoms with van der Waals surface area (Å²) in [7, 11) is 0. The van der Waals surface area contributed by atoms with E-state index in [1.54, 1.807) is 27.7 Å². The van der Waals surface area contributed by atoms with Gasteiger partial charge in [0, 0.05) is 6.42 Å². The van der Waals surface area contributed by atoms with Gasteiger partial charge in [-0.15, -0.1) is 0 Å². The van der Waals surface area contributed by atoms with Crippen molar-refractivity contribution in [1.29, 1.82) is 0 Å². The number of amides is 2. The molecule has 0 aromatic rings. The Hall–Kier alpha value is -1.63. The molecular formula is C12H24N3O4+. The Kier molecular flexibility index (Phi) is 6.47. The van der Waals surface area contributed by atoms with Crippen molar-refractivity contribution >= 4 is 17.8 Å². The maximum atomic E-state index is 11.5. The number of carbonyl (C=O) groups is 3. The number of nitrogens with two attached hydrogens (primary N) is 1. The maximum Gasteiger partial charge on any atom is 0.306 e. The molecule has 0 heterocycles. The highest BCUT2D eigenvalue weighted by Gasteiger charge is 2.23. The van der Waals surface area contributed by atoms with Crippen LogP contribution in [-0.2, 0) is 19.1 Å². The summed E-state index contributed by atoms with van der Waals surface area (Å²) in [5, 5.41) is 2.45. The molecule has 0 fully saturated rings. The second-order valence-corrected chi connectivity index (χ2v) is 5.49. The van der Waals surface area contributed by atoms with Crippen LogP contribution in [0.3, 0.4) is 0 Å². The van der Waals surface area contributed by atoms with Crippen molar-refractivity contribution in [1.82, 2.24) is 5.32 Å². The normalized spacial score (nSPS) is 14.4. The van der Waals surface area contributed by atoms with Gasteiger partial charge in [0.15, 0.2) is 6.04 Å². The van der Waals surface area contributed by atoms with E-state index >= 15 is 0 Å². The number of carbonyl (C=O) groups excluding carboxylic acids is 3. The first-order valence-corrected chi connectivity index (χ1v) is 6.17. The van der Waals surface area contributed by atoms with Crippen LogP contribution in [0, 0.1) is 0 Å². The summed E-state index contributed by atoms with van der Waals surface area (Å²) in [5.74, 6) is -1.50. The molecule has 0 spiro atoms. The smallest absolute Gasteiger partial charge is 0.306 e. The van der Waals surface area contributed by atoms with E-state index in [-0.39, 0.29) is 18.7 Å². The van der Waals surface area contributed by atoms with Crippen LogP contribution in [0.4, 0.5) is 0 Å². The molecule has 0 unspecified atom stereocenters. The molecule has 0 aliphatic carbocycles. The monoisotopic (exact) mass is 274 g/mol. The zero-order valence-electron chi connectivity index (χ0n) is 12.0. The standard InChI is InChI=1S/C12H23N3O4/c1-7(13)11(18)15-8(10(14)17)5-6-9(16)19-12(2,3)4/h7-8H,5-6,13H2,1-4H3,(H2,14,17)(H,15,18)/p+1/t7-,8-/m0/s1. The lowest BCUT2D eigenvalue weighted by Gasteiger charge is -2.20. The number of primary amides is 1. The summed E-state index contributed by atoms with van der Waals surface area (Å²) < 4.78 is 5.10. The zero-order chi connectivity index (χ0) is 15.2. The molecule has 0 aromatic carbocycles. The van der Waals surface area contributed by atoms with E-state index in [2.05, 4.69) is 11.1 Å². The minimum Gasteiger partial charge on any atom is -0.460 e. The summed E-state index contributed by atoms with van der Waals surface area (Å²) in [5.41, 5.74) is 8.13. The molecule has 0 aliphatic heterocycles. The van der Waals surface area contributed by atoms with Gasteiger partial charge in [0.05, 0.1) is 0 Å². The highest BCUT2D eigenvalue weighted by Crippen LogP contribution is 2.10. The fraction of sp³-hybridized carbons (Fsp3) is 0.750. The molecule has 0 saturated carbocycles. The topological polar surface area (TPSA) is 126 Å². The van der Waals surface area contributed by atoms with Crippen LogP contribution >= 0.6 is 0 Å².